The highest BCUT2D eigenvalue weighted by molar-refractivity contribution is 7.49. The number of alkyl halides is 6. The maximum atomic E-state index is 12.4. The molecule has 0 saturated carbocycles. The number of hydrogen-bond acceptors (Lipinski definition) is 4. The summed E-state index contributed by atoms with van der Waals surface area (Å²) in [5.74, 6) is 0. The fourth-order valence-electron chi connectivity index (χ4n) is 0.615. The van der Waals surface area contributed by atoms with Crippen LogP contribution >= 0.6 is 77.4 Å². The third kappa shape index (κ3) is 7.90. The fourth-order valence-corrected chi connectivity index (χ4v) is 3.37. The Morgan fingerprint density at radius 1 is 0.700 bits per heavy atom. The highest BCUT2D eigenvalue weighted by Gasteiger charge is 2.47. The third-order valence-corrected chi connectivity index (χ3v) is 4.98. The van der Waals surface area contributed by atoms with Gasteiger partial charge in [-0.25, -0.2) is 18.1 Å². The van der Waals surface area contributed by atoms with Gasteiger partial charge in [0.1, 0.15) is 0 Å². The lowest BCUT2D eigenvalue weighted by Crippen LogP contribution is -2.24. The van der Waals surface area contributed by atoms with Crippen molar-refractivity contribution in [3.63, 3.8) is 0 Å². The van der Waals surface area contributed by atoms with Crippen LogP contribution in [0, 0.1) is 0 Å². The summed E-state index contributed by atoms with van der Waals surface area (Å²) in [4.78, 5) is 0. The lowest BCUT2D eigenvalue weighted by molar-refractivity contribution is 0.0864. The van der Waals surface area contributed by atoms with Gasteiger partial charge in [-0.05, 0) is 18.2 Å². The molecule has 0 fully saturated rings. The van der Waals surface area contributed by atoms with Crippen molar-refractivity contribution in [1.82, 2.24) is 0 Å². The van der Waals surface area contributed by atoms with E-state index < -0.39 is 21.4 Å². The van der Waals surface area contributed by atoms with E-state index in [1.807, 2.05) is 0 Å². The van der Waals surface area contributed by atoms with Crippen molar-refractivity contribution in [1.29, 1.82) is 0 Å². The zero-order chi connectivity index (χ0) is 16.2. The summed E-state index contributed by atoms with van der Waals surface area (Å²) in [5.41, 5.74) is 0. The van der Waals surface area contributed by atoms with Crippen LogP contribution in [0.25, 0.3) is 0 Å². The molecule has 0 atom stereocenters. The average molecular weight is 425 g/mol. The molecule has 20 heavy (non-hydrogen) atoms. The maximum absolute atomic E-state index is 12.4. The predicted molar refractivity (Wildman–Crippen MR) is 84.8 cm³/mol. The number of halogens is 6. The topological polar surface area (TPSA) is 44.8 Å². The Morgan fingerprint density at radius 2 is 0.900 bits per heavy atom. The molecule has 11 heteroatoms. The molecule has 0 rings (SSSR count). The van der Waals surface area contributed by atoms with Gasteiger partial charge in [0.2, 0.25) is 13.6 Å². The number of phosphoric ester groups is 1. The summed E-state index contributed by atoms with van der Waals surface area (Å²) < 4.78 is 20.2. The first-order valence-electron chi connectivity index (χ1n) is 4.57. The molecular weight excluding hydrogens is 416 g/mol. The van der Waals surface area contributed by atoms with Gasteiger partial charge in [0.05, 0.1) is 0 Å². The van der Waals surface area contributed by atoms with Crippen LogP contribution in [0.2, 0.25) is 0 Å². The van der Waals surface area contributed by atoms with Crippen LogP contribution in [0.15, 0.2) is 38.0 Å². The normalized spacial score (nSPS) is 13.9. The summed E-state index contributed by atoms with van der Waals surface area (Å²) in [6.07, 6.45) is 2.68. The minimum absolute atomic E-state index is 0.894. The Kier molecular flexibility index (Phi) is 7.97. The van der Waals surface area contributed by atoms with Gasteiger partial charge >= 0.3 is 7.82 Å². The van der Waals surface area contributed by atoms with Gasteiger partial charge in [-0.15, -0.1) is 0 Å². The van der Waals surface area contributed by atoms with Crippen molar-refractivity contribution in [3.05, 3.63) is 38.0 Å². The Morgan fingerprint density at radius 3 is 1.05 bits per heavy atom. The minimum atomic E-state index is -4.64. The van der Waals surface area contributed by atoms with Gasteiger partial charge < -0.3 is 0 Å². The van der Waals surface area contributed by atoms with Crippen LogP contribution in [-0.4, -0.2) is 13.6 Å². The van der Waals surface area contributed by atoms with Crippen LogP contribution < -0.4 is 0 Å². The number of rotatable bonds is 9. The van der Waals surface area contributed by atoms with Crippen LogP contribution in [0.1, 0.15) is 0 Å². The highest BCUT2D eigenvalue weighted by Crippen LogP contribution is 2.62. The molecule has 0 saturated heterocycles. The zero-order valence-electron chi connectivity index (χ0n) is 9.70. The third-order valence-electron chi connectivity index (χ3n) is 1.41. The lowest BCUT2D eigenvalue weighted by Gasteiger charge is -2.29. The van der Waals surface area contributed by atoms with E-state index in [1.54, 1.807) is 0 Å². The quantitative estimate of drug-likeness (QED) is 0.255. The van der Waals surface area contributed by atoms with E-state index in [1.165, 1.54) is 0 Å². The van der Waals surface area contributed by atoms with E-state index in [-0.39, 0.29) is 0 Å². The molecule has 0 N–H and O–H groups in total. The fraction of sp³-hybridized carbons (Fsp3) is 0.333. The molecule has 0 amide bonds. The van der Waals surface area contributed by atoms with E-state index in [0.717, 1.165) is 18.2 Å². The monoisotopic (exact) mass is 422 g/mol. The largest absolute Gasteiger partial charge is 0.483 e. The molecule has 0 aromatic carbocycles. The molecule has 0 aliphatic carbocycles. The van der Waals surface area contributed by atoms with Crippen molar-refractivity contribution in [3.8, 4) is 0 Å². The van der Waals surface area contributed by atoms with Crippen LogP contribution in [0.5, 0.6) is 0 Å². The Bertz CT molecular complexity index is 374. The molecular formula is C9H9Cl6O4P. The second-order valence-electron chi connectivity index (χ2n) is 3.02. The zero-order valence-corrected chi connectivity index (χ0v) is 15.1. The summed E-state index contributed by atoms with van der Waals surface area (Å²) >= 11 is 33.7. The van der Waals surface area contributed by atoms with Crippen LogP contribution in [0.3, 0.4) is 0 Å². The summed E-state index contributed by atoms with van der Waals surface area (Å²) in [6.45, 7) is 9.77. The van der Waals surface area contributed by atoms with Gasteiger partial charge in [-0.1, -0.05) is 89.3 Å². The van der Waals surface area contributed by atoms with Gasteiger partial charge in [-0.3, -0.25) is 0 Å². The highest BCUT2D eigenvalue weighted by atomic mass is 35.5. The van der Waals surface area contributed by atoms with Gasteiger partial charge in [0.25, 0.3) is 0 Å². The van der Waals surface area contributed by atoms with E-state index in [4.69, 9.17) is 83.2 Å². The minimum Gasteiger partial charge on any atom is -0.245 e. The van der Waals surface area contributed by atoms with E-state index in [9.17, 15) is 4.57 Å². The molecule has 0 aromatic rings. The van der Waals surface area contributed by atoms with Crippen molar-refractivity contribution in [2.75, 3.05) is 0 Å². The number of phosphoric acid groups is 1. The van der Waals surface area contributed by atoms with Gasteiger partial charge in [0.15, 0.2) is 0 Å². The van der Waals surface area contributed by atoms with E-state index >= 15 is 0 Å². The molecule has 0 aliphatic heterocycles. The number of hydrogen-bond donors (Lipinski definition) is 0. The second kappa shape index (κ2) is 7.56. The summed E-state index contributed by atoms with van der Waals surface area (Å²) in [7, 11) is -4.64. The molecule has 4 nitrogen and oxygen atoms in total. The molecule has 116 valence electrons. The van der Waals surface area contributed by atoms with Crippen LogP contribution in [-0.2, 0) is 18.1 Å². The first-order valence-corrected chi connectivity index (χ1v) is 8.30. The first kappa shape index (κ1) is 21.1. The second-order valence-corrected chi connectivity index (χ2v) is 8.41. The maximum Gasteiger partial charge on any atom is 0.483 e. The molecule has 0 radical (unpaired) electrons. The summed E-state index contributed by atoms with van der Waals surface area (Å²) in [6, 6.07) is 0. The van der Waals surface area contributed by atoms with Crippen molar-refractivity contribution in [2.45, 2.75) is 13.6 Å². The van der Waals surface area contributed by atoms with E-state index in [2.05, 4.69) is 19.7 Å². The lowest BCUT2D eigenvalue weighted by atomic mass is 10.7. The Balaban J connectivity index is 5.45. The van der Waals surface area contributed by atoms with E-state index in [0.29, 0.717) is 0 Å². The standard InChI is InChI=1S/C9H9Cl6O4P/c1-4-7(10,11)17-20(16,18-8(12,13)5-2)19-9(14,15)6-3/h4-6H,1-3H2. The van der Waals surface area contributed by atoms with Gasteiger partial charge in [0, 0.05) is 0 Å². The van der Waals surface area contributed by atoms with Crippen LogP contribution in [0.4, 0.5) is 0 Å². The summed E-state index contributed by atoms with van der Waals surface area (Å²) in [5, 5.41) is 0. The van der Waals surface area contributed by atoms with Gasteiger partial charge in [-0.2, -0.15) is 0 Å². The molecule has 0 bridgehead atoms. The predicted octanol–water partition coefficient (Wildman–Crippen LogP) is 6.10. The molecule has 0 aromatic heterocycles. The molecule has 0 heterocycles. The Hall–Kier alpha value is 1.07. The van der Waals surface area contributed by atoms with Crippen molar-refractivity contribution >= 4 is 77.4 Å². The van der Waals surface area contributed by atoms with Crippen molar-refractivity contribution < 1.29 is 18.1 Å². The average Bonchev–Trinajstić information content (AvgIpc) is 2.26. The molecule has 0 spiro atoms. The Labute approximate surface area is 146 Å². The SMILES string of the molecule is C=CC(Cl)(Cl)OP(=O)(OC(Cl)(Cl)C=C)OC(Cl)(Cl)C=C. The van der Waals surface area contributed by atoms with Crippen molar-refractivity contribution in [2.24, 2.45) is 0 Å². The molecule has 0 aliphatic rings. The first-order chi connectivity index (χ1) is 8.80. The molecule has 0 unspecified atom stereocenters. The smallest absolute Gasteiger partial charge is 0.245 e.